The van der Waals surface area contributed by atoms with Crippen LogP contribution in [-0.2, 0) is 19.7 Å². The second kappa shape index (κ2) is 10.1. The molecule has 0 N–H and O–H groups in total. The highest BCUT2D eigenvalue weighted by Crippen LogP contribution is 2.52. The highest BCUT2D eigenvalue weighted by Gasteiger charge is 2.61. The van der Waals surface area contributed by atoms with Gasteiger partial charge in [-0.2, -0.15) is 0 Å². The molecular weight excluding hydrogens is 472 g/mol. The first-order valence-corrected chi connectivity index (χ1v) is 13.5. The van der Waals surface area contributed by atoms with Crippen LogP contribution in [0.4, 0.5) is 0 Å². The molecule has 1 saturated heterocycles. The van der Waals surface area contributed by atoms with E-state index in [1.54, 1.807) is 11.1 Å². The molecule has 1 aromatic carbocycles. The maximum Gasteiger partial charge on any atom is 0.332 e. The van der Waals surface area contributed by atoms with E-state index in [9.17, 15) is 14.4 Å². The molecule has 7 heteroatoms. The predicted molar refractivity (Wildman–Crippen MR) is 143 cm³/mol. The normalized spacial score (nSPS) is 22.7. The van der Waals surface area contributed by atoms with E-state index in [0.717, 1.165) is 5.56 Å². The fourth-order valence-electron chi connectivity index (χ4n) is 5.12. The Morgan fingerprint density at radius 1 is 1.11 bits per heavy atom. The molecule has 3 atom stereocenters. The van der Waals surface area contributed by atoms with Gasteiger partial charge in [0, 0.05) is 23.1 Å². The summed E-state index contributed by atoms with van der Waals surface area (Å²) in [5, 5.41) is 2.49. The minimum Gasteiger partial charge on any atom is -0.458 e. The number of ketones is 1. The topological polar surface area (TPSA) is 76.6 Å². The molecule has 36 heavy (non-hydrogen) atoms. The predicted octanol–water partition coefficient (Wildman–Crippen LogP) is 6.36. The molecule has 1 aliphatic heterocycles. The first kappa shape index (κ1) is 28.0. The lowest BCUT2D eigenvalue weighted by Gasteiger charge is -2.41. The number of amides is 1. The number of Topliss-reactive ketones (excluding diaryl/α,β-unsaturated/α-hetero) is 1. The second-order valence-corrected chi connectivity index (χ2v) is 13.3. The molecule has 0 aliphatic carbocycles. The highest BCUT2D eigenvalue weighted by atomic mass is 32.1. The van der Waals surface area contributed by atoms with Gasteiger partial charge in [-0.25, -0.2) is 9.78 Å². The Morgan fingerprint density at radius 3 is 2.17 bits per heavy atom. The maximum absolute atomic E-state index is 14.3. The Balaban J connectivity index is 2.23. The molecule has 3 rings (SSSR count). The average molecular weight is 513 g/mol. The van der Waals surface area contributed by atoms with Gasteiger partial charge in [0.05, 0.1) is 6.04 Å². The molecule has 1 aliphatic rings. The molecular formula is C29H40N2O4S. The molecule has 2 aromatic rings. The first-order valence-electron chi connectivity index (χ1n) is 12.6. The van der Waals surface area contributed by atoms with Gasteiger partial charge in [-0.05, 0) is 69.6 Å². The minimum atomic E-state index is -1.28. The SMILES string of the molecule is CC(=O)C1C[C@@](CC(C)C)(C(=O)OC(C)(C)C)N(C(=O)c2ccc(C(C)(C)C)cc2)[C@H]1c1nccs1. The Morgan fingerprint density at radius 2 is 1.72 bits per heavy atom. The lowest BCUT2D eigenvalue weighted by atomic mass is 9.82. The van der Waals surface area contributed by atoms with Crippen LogP contribution in [0.5, 0.6) is 0 Å². The van der Waals surface area contributed by atoms with E-state index < -0.39 is 29.1 Å². The smallest absolute Gasteiger partial charge is 0.332 e. The van der Waals surface area contributed by atoms with Crippen molar-refractivity contribution in [2.24, 2.45) is 11.8 Å². The first-order chi connectivity index (χ1) is 16.6. The van der Waals surface area contributed by atoms with Crippen LogP contribution < -0.4 is 0 Å². The number of esters is 1. The molecule has 196 valence electrons. The number of thiazole rings is 1. The van der Waals surface area contributed by atoms with Crippen molar-refractivity contribution < 1.29 is 19.1 Å². The summed E-state index contributed by atoms with van der Waals surface area (Å²) in [7, 11) is 0. The zero-order chi connectivity index (χ0) is 27.1. The highest BCUT2D eigenvalue weighted by molar-refractivity contribution is 7.09. The number of hydrogen-bond acceptors (Lipinski definition) is 6. The molecule has 0 radical (unpaired) electrons. The van der Waals surface area contributed by atoms with Gasteiger partial charge < -0.3 is 9.64 Å². The van der Waals surface area contributed by atoms with Crippen LogP contribution >= 0.6 is 11.3 Å². The van der Waals surface area contributed by atoms with E-state index in [0.29, 0.717) is 17.0 Å². The number of ether oxygens (including phenoxy) is 1. The summed E-state index contributed by atoms with van der Waals surface area (Å²) >= 11 is 1.40. The number of likely N-dealkylation sites (tertiary alicyclic amines) is 1. The number of hydrogen-bond donors (Lipinski definition) is 0. The van der Waals surface area contributed by atoms with Crippen molar-refractivity contribution in [3.8, 4) is 0 Å². The monoisotopic (exact) mass is 512 g/mol. The molecule has 1 fully saturated rings. The molecule has 0 spiro atoms. The van der Waals surface area contributed by atoms with Crippen LogP contribution in [-0.4, -0.2) is 38.7 Å². The number of carbonyl (C=O) groups excluding carboxylic acids is 3. The quantitative estimate of drug-likeness (QED) is 0.421. The molecule has 0 saturated carbocycles. The van der Waals surface area contributed by atoms with Gasteiger partial charge in [0.25, 0.3) is 5.91 Å². The van der Waals surface area contributed by atoms with Gasteiger partial charge >= 0.3 is 5.97 Å². The van der Waals surface area contributed by atoms with Crippen LogP contribution in [0.2, 0.25) is 0 Å². The Kier molecular flexibility index (Phi) is 7.85. The van der Waals surface area contributed by atoms with Crippen LogP contribution in [0.3, 0.4) is 0 Å². The third-order valence-electron chi connectivity index (χ3n) is 6.65. The summed E-state index contributed by atoms with van der Waals surface area (Å²) < 4.78 is 5.94. The fourth-order valence-corrected chi connectivity index (χ4v) is 5.91. The number of nitrogens with zero attached hydrogens (tertiary/aromatic N) is 2. The van der Waals surface area contributed by atoms with E-state index in [2.05, 4.69) is 25.8 Å². The van der Waals surface area contributed by atoms with Gasteiger partial charge in [0.15, 0.2) is 0 Å². The Labute approximate surface area is 219 Å². The summed E-state index contributed by atoms with van der Waals surface area (Å²) in [5.74, 6) is -1.29. The molecule has 6 nitrogen and oxygen atoms in total. The lowest BCUT2D eigenvalue weighted by molar-refractivity contribution is -0.168. The molecule has 0 bridgehead atoms. The van der Waals surface area contributed by atoms with Crippen molar-refractivity contribution >= 4 is 29.0 Å². The minimum absolute atomic E-state index is 0.0592. The standard InChI is InChI=1S/C29H40N2O4S/c1-18(2)16-29(26(34)35-28(7,8)9)17-22(19(3)32)23(24-30-14-15-36-24)31(29)25(33)20-10-12-21(13-11-20)27(4,5)6/h10-15,18,22-23H,16-17H2,1-9H3/t22?,23-,29+/m1/s1. The average Bonchev–Trinajstić information content (AvgIpc) is 3.37. The van der Waals surface area contributed by atoms with Crippen molar-refractivity contribution in [1.82, 2.24) is 9.88 Å². The second-order valence-electron chi connectivity index (χ2n) is 12.4. The van der Waals surface area contributed by atoms with Gasteiger partial charge in [-0.1, -0.05) is 46.8 Å². The van der Waals surface area contributed by atoms with Gasteiger partial charge in [0.1, 0.15) is 21.9 Å². The van der Waals surface area contributed by atoms with Gasteiger partial charge in [-0.3, -0.25) is 9.59 Å². The number of rotatable bonds is 6. The van der Waals surface area contributed by atoms with Crippen molar-refractivity contribution in [2.45, 2.75) is 97.8 Å². The largest absolute Gasteiger partial charge is 0.458 e. The van der Waals surface area contributed by atoms with E-state index >= 15 is 0 Å². The Bertz CT molecular complexity index is 1090. The zero-order valence-electron chi connectivity index (χ0n) is 23.0. The maximum atomic E-state index is 14.3. The van der Waals surface area contributed by atoms with E-state index in [1.165, 1.54) is 18.3 Å². The van der Waals surface area contributed by atoms with Crippen LogP contribution in [0.25, 0.3) is 0 Å². The van der Waals surface area contributed by atoms with E-state index in [-0.39, 0.29) is 29.4 Å². The Hall–Kier alpha value is -2.54. The third-order valence-corrected chi connectivity index (χ3v) is 7.49. The molecule has 1 unspecified atom stereocenters. The molecule has 1 amide bonds. The number of aromatic nitrogens is 1. The van der Waals surface area contributed by atoms with Crippen molar-refractivity contribution in [1.29, 1.82) is 0 Å². The van der Waals surface area contributed by atoms with Crippen molar-refractivity contribution in [3.05, 3.63) is 52.0 Å². The van der Waals surface area contributed by atoms with Gasteiger partial charge in [0.2, 0.25) is 0 Å². The van der Waals surface area contributed by atoms with Crippen LogP contribution in [0, 0.1) is 11.8 Å². The lowest BCUT2D eigenvalue weighted by Crippen LogP contribution is -2.56. The summed E-state index contributed by atoms with van der Waals surface area (Å²) in [6, 6.07) is 6.92. The van der Waals surface area contributed by atoms with Crippen molar-refractivity contribution in [2.75, 3.05) is 0 Å². The third kappa shape index (κ3) is 5.72. The van der Waals surface area contributed by atoms with E-state index in [4.69, 9.17) is 4.74 Å². The van der Waals surface area contributed by atoms with E-state index in [1.807, 2.05) is 64.3 Å². The van der Waals surface area contributed by atoms with Crippen LogP contribution in [0.1, 0.15) is 102 Å². The summed E-state index contributed by atoms with van der Waals surface area (Å²) in [4.78, 5) is 47.4. The summed E-state index contributed by atoms with van der Waals surface area (Å²) in [6.07, 6.45) is 2.28. The summed E-state index contributed by atoms with van der Waals surface area (Å²) in [6.45, 7) is 17.4. The molecule has 1 aromatic heterocycles. The van der Waals surface area contributed by atoms with Crippen LogP contribution in [0.15, 0.2) is 35.8 Å². The van der Waals surface area contributed by atoms with Gasteiger partial charge in [-0.15, -0.1) is 11.3 Å². The zero-order valence-corrected chi connectivity index (χ0v) is 23.9. The van der Waals surface area contributed by atoms with Crippen molar-refractivity contribution in [3.63, 3.8) is 0 Å². The summed E-state index contributed by atoms with van der Waals surface area (Å²) in [5.41, 5.74) is -0.496. The molecule has 2 heterocycles. The number of benzene rings is 1. The fraction of sp³-hybridized carbons (Fsp3) is 0.586. The number of carbonyl (C=O) groups is 3.